The van der Waals surface area contributed by atoms with E-state index in [1.807, 2.05) is 55.3 Å². The highest BCUT2D eigenvalue weighted by molar-refractivity contribution is 6.20. The number of hydrogen-bond donors (Lipinski definition) is 3. The quantitative estimate of drug-likeness (QED) is 0.289. The van der Waals surface area contributed by atoms with Crippen LogP contribution in [-0.2, 0) is 0 Å². The molecule has 10 heteroatoms. The first-order valence-corrected chi connectivity index (χ1v) is 13.6. The third-order valence-electron chi connectivity index (χ3n) is 7.89. The van der Waals surface area contributed by atoms with E-state index in [0.29, 0.717) is 40.9 Å². The minimum atomic E-state index is -0.573. The second-order valence-electron chi connectivity index (χ2n) is 10.5. The Bertz CT molecular complexity index is 1870. The average Bonchev–Trinajstić information content (AvgIpc) is 3.37. The summed E-state index contributed by atoms with van der Waals surface area (Å²) in [6, 6.07) is 17.1. The number of nitrogens with one attached hydrogen (secondary N) is 2. The van der Waals surface area contributed by atoms with Crippen molar-refractivity contribution in [2.24, 2.45) is 5.73 Å². The largest absolute Gasteiger partial charge is 0.366 e. The van der Waals surface area contributed by atoms with Crippen LogP contribution in [0.5, 0.6) is 0 Å². The summed E-state index contributed by atoms with van der Waals surface area (Å²) < 4.78 is 13.3. The van der Waals surface area contributed by atoms with E-state index in [0.717, 1.165) is 46.7 Å². The monoisotopic (exact) mass is 564 g/mol. The van der Waals surface area contributed by atoms with Crippen molar-refractivity contribution in [2.75, 3.05) is 38.5 Å². The Morgan fingerprint density at radius 1 is 0.976 bits per heavy atom. The van der Waals surface area contributed by atoms with E-state index in [4.69, 9.17) is 5.73 Å². The first kappa shape index (κ1) is 27.1. The summed E-state index contributed by atoms with van der Waals surface area (Å²) in [4.78, 5) is 49.8. The molecule has 3 amide bonds. The van der Waals surface area contributed by atoms with Crippen molar-refractivity contribution in [1.82, 2.24) is 19.8 Å². The molecule has 1 aliphatic heterocycles. The lowest BCUT2D eigenvalue weighted by atomic mass is 9.93. The van der Waals surface area contributed by atoms with Crippen LogP contribution in [0.25, 0.3) is 32.9 Å². The number of amides is 3. The number of halogens is 1. The molecule has 0 unspecified atom stereocenters. The predicted molar refractivity (Wildman–Crippen MR) is 160 cm³/mol. The van der Waals surface area contributed by atoms with Crippen molar-refractivity contribution in [1.29, 1.82) is 0 Å². The predicted octanol–water partition coefficient (Wildman–Crippen LogP) is 4.57. The number of likely N-dealkylation sites (N-methyl/N-ethyl adjacent to an activating group) is 1. The fourth-order valence-electron chi connectivity index (χ4n) is 5.53. The lowest BCUT2D eigenvalue weighted by molar-refractivity contribution is 0.0664. The second kappa shape index (κ2) is 10.7. The molecule has 212 valence electrons. The van der Waals surface area contributed by atoms with E-state index in [-0.39, 0.29) is 11.6 Å². The molecule has 0 saturated carbocycles. The van der Waals surface area contributed by atoms with Crippen LogP contribution in [0.4, 0.5) is 10.1 Å². The van der Waals surface area contributed by atoms with Crippen molar-refractivity contribution in [3.8, 4) is 11.1 Å². The second-order valence-corrected chi connectivity index (χ2v) is 10.5. The number of primary amides is 1. The van der Waals surface area contributed by atoms with E-state index in [1.54, 1.807) is 12.1 Å². The number of hydrogen-bond acceptors (Lipinski definition) is 5. The zero-order valence-corrected chi connectivity index (χ0v) is 23.2. The fraction of sp³-hybridized carbons (Fsp3) is 0.188. The summed E-state index contributed by atoms with van der Waals surface area (Å²) in [5.41, 5.74) is 11.0. The van der Waals surface area contributed by atoms with Crippen molar-refractivity contribution in [3.05, 3.63) is 95.1 Å². The van der Waals surface area contributed by atoms with Gasteiger partial charge in [0, 0.05) is 53.7 Å². The molecule has 6 rings (SSSR count). The van der Waals surface area contributed by atoms with Gasteiger partial charge in [-0.2, -0.15) is 0 Å². The number of aromatic nitrogens is 2. The third-order valence-corrected chi connectivity index (χ3v) is 7.89. The van der Waals surface area contributed by atoms with Gasteiger partial charge in [-0.1, -0.05) is 24.3 Å². The van der Waals surface area contributed by atoms with Gasteiger partial charge in [-0.25, -0.2) is 9.37 Å². The highest BCUT2D eigenvalue weighted by atomic mass is 19.1. The number of H-pyrrole nitrogens is 1. The Balaban J connectivity index is 1.43. The van der Waals surface area contributed by atoms with Gasteiger partial charge >= 0.3 is 0 Å². The molecule has 3 heterocycles. The number of piperazine rings is 1. The van der Waals surface area contributed by atoms with E-state index in [1.165, 1.54) is 12.1 Å². The van der Waals surface area contributed by atoms with Gasteiger partial charge in [0.1, 0.15) is 11.5 Å². The number of nitrogens with zero attached hydrogens (tertiary/aromatic N) is 3. The molecular formula is C32H29FN6O3. The number of pyridine rings is 1. The molecule has 42 heavy (non-hydrogen) atoms. The number of carbonyl (C=O) groups excluding carboxylic acids is 3. The zero-order valence-electron chi connectivity index (χ0n) is 23.2. The topological polar surface area (TPSA) is 124 Å². The summed E-state index contributed by atoms with van der Waals surface area (Å²) in [5, 5.41) is 4.49. The van der Waals surface area contributed by atoms with Gasteiger partial charge in [-0.15, -0.1) is 0 Å². The standard InChI is InChI=1S/C32H29FN6O3/c1-18-21(4-3-5-25(18)37-31(41)26-11-7-20(33)17-35-26)22-9-10-24(30(34)40)29-28(22)23-8-6-19(16-27(23)36-29)32(42)39-14-12-38(2)13-15-39/h3-11,16-17,36H,12-15H2,1-2H3,(H2,34,40)(H,37,41). The number of carbonyl (C=O) groups is 3. The van der Waals surface area contributed by atoms with Crippen molar-refractivity contribution < 1.29 is 18.8 Å². The van der Waals surface area contributed by atoms with Crippen LogP contribution in [0.1, 0.15) is 36.8 Å². The molecule has 0 bridgehead atoms. The van der Waals surface area contributed by atoms with Crippen LogP contribution in [0.15, 0.2) is 66.9 Å². The fourth-order valence-corrected chi connectivity index (χ4v) is 5.53. The average molecular weight is 565 g/mol. The molecule has 0 atom stereocenters. The Kier molecular flexibility index (Phi) is 6.91. The first-order valence-electron chi connectivity index (χ1n) is 13.6. The van der Waals surface area contributed by atoms with Gasteiger partial charge in [0.2, 0.25) is 0 Å². The molecule has 0 aliphatic carbocycles. The van der Waals surface area contributed by atoms with Crippen LogP contribution in [0.2, 0.25) is 0 Å². The Hall–Kier alpha value is -5.09. The van der Waals surface area contributed by atoms with Gasteiger partial charge in [0.05, 0.1) is 17.3 Å². The van der Waals surface area contributed by atoms with Crippen LogP contribution >= 0.6 is 0 Å². The molecule has 0 spiro atoms. The summed E-state index contributed by atoms with van der Waals surface area (Å²) in [6.45, 7) is 4.87. The van der Waals surface area contributed by atoms with Gasteiger partial charge < -0.3 is 25.8 Å². The molecule has 5 aromatic rings. The normalized spacial score (nSPS) is 13.9. The SMILES string of the molecule is Cc1c(NC(=O)c2ccc(F)cn2)cccc1-c1ccc(C(N)=O)c2[nH]c3cc(C(=O)N4CCN(C)CC4)ccc3c12. The third kappa shape index (κ3) is 4.86. The molecule has 0 radical (unpaired) electrons. The molecule has 4 N–H and O–H groups in total. The Labute approximate surface area is 241 Å². The smallest absolute Gasteiger partial charge is 0.274 e. The highest BCUT2D eigenvalue weighted by Crippen LogP contribution is 2.39. The minimum absolute atomic E-state index is 0.0334. The van der Waals surface area contributed by atoms with Crippen LogP contribution in [0, 0.1) is 12.7 Å². The lowest BCUT2D eigenvalue weighted by Crippen LogP contribution is -2.47. The molecule has 1 aliphatic rings. The summed E-state index contributed by atoms with van der Waals surface area (Å²) in [6.07, 6.45) is 0.996. The first-order chi connectivity index (χ1) is 20.2. The molecule has 2 aromatic heterocycles. The number of rotatable bonds is 5. The zero-order chi connectivity index (χ0) is 29.5. The molecule has 1 fully saturated rings. The van der Waals surface area contributed by atoms with E-state index in [9.17, 15) is 18.8 Å². The minimum Gasteiger partial charge on any atom is -0.366 e. The molecule has 3 aromatic carbocycles. The summed E-state index contributed by atoms with van der Waals surface area (Å²) in [5.74, 6) is -1.60. The van der Waals surface area contributed by atoms with E-state index < -0.39 is 17.6 Å². The highest BCUT2D eigenvalue weighted by Gasteiger charge is 2.23. The van der Waals surface area contributed by atoms with Crippen molar-refractivity contribution >= 4 is 45.2 Å². The maximum Gasteiger partial charge on any atom is 0.274 e. The van der Waals surface area contributed by atoms with Crippen molar-refractivity contribution in [3.63, 3.8) is 0 Å². The maximum atomic E-state index is 13.3. The van der Waals surface area contributed by atoms with Gasteiger partial charge in [-0.3, -0.25) is 14.4 Å². The number of fused-ring (bicyclic) bond motifs is 3. The lowest BCUT2D eigenvalue weighted by Gasteiger charge is -2.32. The number of benzene rings is 3. The van der Waals surface area contributed by atoms with E-state index in [2.05, 4.69) is 20.2 Å². The molecular weight excluding hydrogens is 535 g/mol. The summed E-state index contributed by atoms with van der Waals surface area (Å²) >= 11 is 0. The number of nitrogens with two attached hydrogens (primary N) is 1. The Morgan fingerprint density at radius 2 is 1.76 bits per heavy atom. The van der Waals surface area contributed by atoms with Crippen LogP contribution in [-0.4, -0.2) is 70.7 Å². The van der Waals surface area contributed by atoms with Gasteiger partial charge in [-0.05, 0) is 67.1 Å². The van der Waals surface area contributed by atoms with Crippen molar-refractivity contribution in [2.45, 2.75) is 6.92 Å². The number of anilines is 1. The number of aromatic amines is 1. The van der Waals surface area contributed by atoms with Crippen LogP contribution in [0.3, 0.4) is 0 Å². The van der Waals surface area contributed by atoms with Crippen LogP contribution < -0.4 is 11.1 Å². The Morgan fingerprint density at radius 3 is 2.48 bits per heavy atom. The van der Waals surface area contributed by atoms with E-state index >= 15 is 0 Å². The van der Waals surface area contributed by atoms with Gasteiger partial charge in [0.15, 0.2) is 0 Å². The maximum absolute atomic E-state index is 13.3. The summed E-state index contributed by atoms with van der Waals surface area (Å²) in [7, 11) is 2.04. The molecule has 1 saturated heterocycles. The van der Waals surface area contributed by atoms with Gasteiger partial charge in [0.25, 0.3) is 17.7 Å². The molecule has 9 nitrogen and oxygen atoms in total.